The van der Waals surface area contributed by atoms with Crippen molar-refractivity contribution in [3.05, 3.63) is 68.9 Å². The average Bonchev–Trinajstić information content (AvgIpc) is 2.44. The average molecular weight is 359 g/mol. The second-order valence-corrected chi connectivity index (χ2v) is 5.68. The van der Waals surface area contributed by atoms with Crippen molar-refractivity contribution in [2.45, 2.75) is 12.0 Å². The molecule has 106 valence electrons. The van der Waals surface area contributed by atoms with Gasteiger partial charge in [0.2, 0.25) is 0 Å². The second-order valence-electron chi connectivity index (χ2n) is 4.45. The summed E-state index contributed by atoms with van der Waals surface area (Å²) in [6.45, 7) is 0.116. The standard InChI is InChI=1S/C15H14BrClFNO/c16-12-6-3-5-10(14(12)17)15(20)11(8-19)9-4-1-2-7-13(9)18/h1-7,11,15,20H,8,19H2. The van der Waals surface area contributed by atoms with Crippen LogP contribution in [0.2, 0.25) is 5.02 Å². The first-order chi connectivity index (χ1) is 9.56. The quantitative estimate of drug-likeness (QED) is 0.867. The maximum Gasteiger partial charge on any atom is 0.126 e. The summed E-state index contributed by atoms with van der Waals surface area (Å²) in [5.41, 5.74) is 6.63. The Morgan fingerprint density at radius 2 is 1.80 bits per heavy atom. The molecule has 2 aromatic carbocycles. The van der Waals surface area contributed by atoms with E-state index >= 15 is 0 Å². The van der Waals surface area contributed by atoms with Crippen LogP contribution in [0.25, 0.3) is 0 Å². The van der Waals surface area contributed by atoms with Crippen LogP contribution in [-0.4, -0.2) is 11.7 Å². The van der Waals surface area contributed by atoms with E-state index in [0.29, 0.717) is 20.6 Å². The Kier molecular flexibility index (Phi) is 5.16. The summed E-state index contributed by atoms with van der Waals surface area (Å²) in [5.74, 6) is -0.934. The third-order valence-electron chi connectivity index (χ3n) is 3.24. The van der Waals surface area contributed by atoms with Crippen molar-refractivity contribution in [3.8, 4) is 0 Å². The van der Waals surface area contributed by atoms with Gasteiger partial charge in [-0.15, -0.1) is 0 Å². The van der Waals surface area contributed by atoms with E-state index in [0.717, 1.165) is 0 Å². The molecule has 2 unspecified atom stereocenters. The largest absolute Gasteiger partial charge is 0.388 e. The third-order valence-corrected chi connectivity index (χ3v) is 4.55. The van der Waals surface area contributed by atoms with Gasteiger partial charge in [0.15, 0.2) is 0 Å². The molecule has 0 amide bonds. The Hall–Kier alpha value is -0.940. The lowest BCUT2D eigenvalue weighted by molar-refractivity contribution is 0.146. The zero-order valence-electron chi connectivity index (χ0n) is 10.6. The van der Waals surface area contributed by atoms with Gasteiger partial charge in [0, 0.05) is 22.5 Å². The van der Waals surface area contributed by atoms with Crippen LogP contribution in [0.4, 0.5) is 4.39 Å². The molecule has 0 aromatic heterocycles. The van der Waals surface area contributed by atoms with Crippen molar-refractivity contribution in [2.24, 2.45) is 5.73 Å². The first kappa shape index (κ1) is 15.4. The Balaban J connectivity index is 2.42. The molecular formula is C15H14BrClFNO. The van der Waals surface area contributed by atoms with Crippen LogP contribution in [0, 0.1) is 5.82 Å². The van der Waals surface area contributed by atoms with Crippen LogP contribution in [0.15, 0.2) is 46.9 Å². The highest BCUT2D eigenvalue weighted by Gasteiger charge is 2.26. The molecule has 2 aromatic rings. The van der Waals surface area contributed by atoms with Crippen LogP contribution in [-0.2, 0) is 0 Å². The number of aliphatic hydroxyl groups excluding tert-OH is 1. The van der Waals surface area contributed by atoms with Crippen LogP contribution >= 0.6 is 27.5 Å². The normalized spacial score (nSPS) is 14.1. The van der Waals surface area contributed by atoms with E-state index in [-0.39, 0.29) is 12.4 Å². The molecule has 0 fully saturated rings. The van der Waals surface area contributed by atoms with Gasteiger partial charge in [0.25, 0.3) is 0 Å². The molecule has 2 rings (SSSR count). The maximum atomic E-state index is 13.9. The lowest BCUT2D eigenvalue weighted by Gasteiger charge is -2.23. The van der Waals surface area contributed by atoms with Crippen molar-refractivity contribution < 1.29 is 9.50 Å². The predicted molar refractivity (Wildman–Crippen MR) is 82.3 cm³/mol. The molecule has 0 spiro atoms. The van der Waals surface area contributed by atoms with Gasteiger partial charge in [-0.1, -0.05) is 41.9 Å². The first-order valence-electron chi connectivity index (χ1n) is 6.12. The molecule has 20 heavy (non-hydrogen) atoms. The van der Waals surface area contributed by atoms with Gasteiger partial charge in [-0.25, -0.2) is 4.39 Å². The fraction of sp³-hybridized carbons (Fsp3) is 0.200. The Labute approximate surface area is 130 Å². The molecule has 0 heterocycles. The third kappa shape index (κ3) is 3.04. The van der Waals surface area contributed by atoms with Gasteiger partial charge < -0.3 is 10.8 Å². The van der Waals surface area contributed by atoms with Crippen molar-refractivity contribution in [3.63, 3.8) is 0 Å². The van der Waals surface area contributed by atoms with Crippen LogP contribution in [0.5, 0.6) is 0 Å². The molecule has 0 aliphatic heterocycles. The van der Waals surface area contributed by atoms with Crippen molar-refractivity contribution >= 4 is 27.5 Å². The highest BCUT2D eigenvalue weighted by molar-refractivity contribution is 9.10. The summed E-state index contributed by atoms with van der Waals surface area (Å²) in [5, 5.41) is 10.9. The summed E-state index contributed by atoms with van der Waals surface area (Å²) in [6.07, 6.45) is -0.970. The van der Waals surface area contributed by atoms with Crippen LogP contribution in [0.3, 0.4) is 0 Å². The monoisotopic (exact) mass is 357 g/mol. The summed E-state index contributed by atoms with van der Waals surface area (Å²) >= 11 is 9.48. The fourth-order valence-electron chi connectivity index (χ4n) is 2.17. The number of nitrogens with two attached hydrogens (primary N) is 1. The number of hydrogen-bond acceptors (Lipinski definition) is 2. The number of halogens is 3. The highest BCUT2D eigenvalue weighted by Crippen LogP contribution is 2.37. The zero-order chi connectivity index (χ0) is 14.7. The molecule has 0 saturated heterocycles. The highest BCUT2D eigenvalue weighted by atomic mass is 79.9. The van der Waals surface area contributed by atoms with E-state index in [4.69, 9.17) is 17.3 Å². The topological polar surface area (TPSA) is 46.2 Å². The molecule has 3 N–H and O–H groups in total. The Morgan fingerprint density at radius 3 is 2.45 bits per heavy atom. The van der Waals surface area contributed by atoms with Gasteiger partial charge in [0.05, 0.1) is 11.1 Å². The van der Waals surface area contributed by atoms with Gasteiger partial charge in [0.1, 0.15) is 5.82 Å². The van der Waals surface area contributed by atoms with E-state index in [1.165, 1.54) is 6.07 Å². The number of rotatable bonds is 4. The Bertz CT molecular complexity index is 608. The van der Waals surface area contributed by atoms with E-state index in [9.17, 15) is 9.50 Å². The van der Waals surface area contributed by atoms with E-state index in [1.807, 2.05) is 0 Å². The summed E-state index contributed by atoms with van der Waals surface area (Å²) in [6, 6.07) is 11.6. The van der Waals surface area contributed by atoms with Crippen LogP contribution in [0.1, 0.15) is 23.1 Å². The number of aliphatic hydroxyl groups is 1. The Morgan fingerprint density at radius 1 is 1.15 bits per heavy atom. The van der Waals surface area contributed by atoms with E-state index in [2.05, 4.69) is 15.9 Å². The maximum absolute atomic E-state index is 13.9. The van der Waals surface area contributed by atoms with Crippen molar-refractivity contribution in [2.75, 3.05) is 6.54 Å². The molecule has 5 heteroatoms. The minimum Gasteiger partial charge on any atom is -0.388 e. The van der Waals surface area contributed by atoms with Crippen molar-refractivity contribution in [1.82, 2.24) is 0 Å². The smallest absolute Gasteiger partial charge is 0.126 e. The molecule has 0 aliphatic carbocycles. The van der Waals surface area contributed by atoms with E-state index in [1.54, 1.807) is 36.4 Å². The molecule has 0 aliphatic rings. The minimum atomic E-state index is -0.970. The molecule has 2 nitrogen and oxygen atoms in total. The zero-order valence-corrected chi connectivity index (χ0v) is 12.9. The van der Waals surface area contributed by atoms with Crippen LogP contribution < -0.4 is 5.73 Å². The number of hydrogen-bond donors (Lipinski definition) is 2. The predicted octanol–water partition coefficient (Wildman–Crippen LogP) is 4.02. The lowest BCUT2D eigenvalue weighted by atomic mass is 9.89. The first-order valence-corrected chi connectivity index (χ1v) is 7.29. The molecule has 0 bridgehead atoms. The fourth-order valence-corrected chi connectivity index (χ4v) is 2.79. The lowest BCUT2D eigenvalue weighted by Crippen LogP contribution is -2.21. The van der Waals surface area contributed by atoms with Crippen molar-refractivity contribution in [1.29, 1.82) is 0 Å². The summed E-state index contributed by atoms with van der Waals surface area (Å²) in [7, 11) is 0. The van der Waals surface area contributed by atoms with Gasteiger partial charge >= 0.3 is 0 Å². The minimum absolute atomic E-state index is 0.116. The van der Waals surface area contributed by atoms with Gasteiger partial charge in [-0.05, 0) is 33.6 Å². The summed E-state index contributed by atoms with van der Waals surface area (Å²) < 4.78 is 14.6. The SMILES string of the molecule is NCC(c1ccccc1F)C(O)c1cccc(Br)c1Cl. The number of benzene rings is 2. The molecule has 0 radical (unpaired) electrons. The second kappa shape index (κ2) is 6.68. The molecule has 2 atom stereocenters. The van der Waals surface area contributed by atoms with Gasteiger partial charge in [-0.3, -0.25) is 0 Å². The summed E-state index contributed by atoms with van der Waals surface area (Å²) in [4.78, 5) is 0. The molecule has 0 saturated carbocycles. The van der Waals surface area contributed by atoms with Gasteiger partial charge in [-0.2, -0.15) is 0 Å². The molecular weight excluding hydrogens is 345 g/mol. The van der Waals surface area contributed by atoms with E-state index < -0.39 is 12.0 Å².